The number of methoxy groups -OCH3 is 1. The summed E-state index contributed by atoms with van der Waals surface area (Å²) in [7, 11) is 3.21. The molecule has 0 unspecified atom stereocenters. The van der Waals surface area contributed by atoms with Gasteiger partial charge in [0.05, 0.1) is 12.7 Å². The Bertz CT molecular complexity index is 576. The van der Waals surface area contributed by atoms with Gasteiger partial charge in [0.1, 0.15) is 11.6 Å². The van der Waals surface area contributed by atoms with Crippen molar-refractivity contribution in [1.82, 2.24) is 14.8 Å². The number of rotatable bonds is 2. The molecule has 4 nitrogen and oxygen atoms in total. The van der Waals surface area contributed by atoms with E-state index < -0.39 is 5.82 Å². The second-order valence-electron chi connectivity index (χ2n) is 3.26. The van der Waals surface area contributed by atoms with E-state index in [1.54, 1.807) is 23.9 Å². The van der Waals surface area contributed by atoms with Gasteiger partial charge >= 0.3 is 0 Å². The van der Waals surface area contributed by atoms with Crippen LogP contribution in [0, 0.1) is 10.6 Å². The van der Waals surface area contributed by atoms with Gasteiger partial charge in [-0.15, -0.1) is 0 Å². The molecular formula is C10H10FN3OS. The fourth-order valence-electron chi connectivity index (χ4n) is 1.34. The molecule has 0 bridgehead atoms. The number of H-pyrrole nitrogens is 1. The molecule has 0 saturated heterocycles. The molecule has 1 aromatic carbocycles. The molecule has 0 atom stereocenters. The van der Waals surface area contributed by atoms with Gasteiger partial charge < -0.3 is 4.74 Å². The number of aromatic amines is 1. The number of aryl methyl sites for hydroxylation is 1. The molecule has 84 valence electrons. The van der Waals surface area contributed by atoms with Crippen LogP contribution in [-0.2, 0) is 7.05 Å². The van der Waals surface area contributed by atoms with E-state index in [0.717, 1.165) is 0 Å². The smallest absolute Gasteiger partial charge is 0.216 e. The number of hydrogen-bond donors (Lipinski definition) is 1. The fourth-order valence-corrected chi connectivity index (χ4v) is 1.47. The van der Waals surface area contributed by atoms with E-state index in [4.69, 9.17) is 17.0 Å². The van der Waals surface area contributed by atoms with E-state index in [-0.39, 0.29) is 0 Å². The predicted molar refractivity (Wildman–Crippen MR) is 60.3 cm³/mol. The summed E-state index contributed by atoms with van der Waals surface area (Å²) >= 11 is 4.94. The first-order valence-electron chi connectivity index (χ1n) is 4.59. The van der Waals surface area contributed by atoms with Crippen LogP contribution in [-0.4, -0.2) is 21.9 Å². The van der Waals surface area contributed by atoms with Crippen molar-refractivity contribution in [3.63, 3.8) is 0 Å². The second-order valence-corrected chi connectivity index (χ2v) is 3.62. The van der Waals surface area contributed by atoms with Gasteiger partial charge in [0.2, 0.25) is 4.77 Å². The number of hydrogen-bond acceptors (Lipinski definition) is 3. The van der Waals surface area contributed by atoms with Crippen molar-refractivity contribution in [1.29, 1.82) is 0 Å². The third-order valence-corrected chi connectivity index (χ3v) is 2.56. The van der Waals surface area contributed by atoms with Crippen LogP contribution < -0.4 is 4.74 Å². The normalized spacial score (nSPS) is 10.4. The number of aromatic nitrogens is 3. The van der Waals surface area contributed by atoms with E-state index in [0.29, 0.717) is 21.9 Å². The van der Waals surface area contributed by atoms with Gasteiger partial charge in [0.15, 0.2) is 5.82 Å². The predicted octanol–water partition coefficient (Wildman–Crippen LogP) is 2.29. The molecule has 0 spiro atoms. The summed E-state index contributed by atoms with van der Waals surface area (Å²) in [5.74, 6) is 0.479. The average molecular weight is 239 g/mol. The fraction of sp³-hybridized carbons (Fsp3) is 0.200. The molecule has 0 saturated carbocycles. The van der Waals surface area contributed by atoms with Gasteiger partial charge in [0, 0.05) is 13.1 Å². The third-order valence-electron chi connectivity index (χ3n) is 2.20. The Morgan fingerprint density at radius 3 is 2.75 bits per heavy atom. The van der Waals surface area contributed by atoms with Crippen molar-refractivity contribution in [3.8, 4) is 17.1 Å². The molecule has 1 aromatic heterocycles. The average Bonchev–Trinajstić information content (AvgIpc) is 2.58. The number of halogens is 1. The van der Waals surface area contributed by atoms with Crippen LogP contribution in [0.25, 0.3) is 11.4 Å². The van der Waals surface area contributed by atoms with Gasteiger partial charge in [-0.25, -0.2) is 4.39 Å². The van der Waals surface area contributed by atoms with Crippen LogP contribution in [0.3, 0.4) is 0 Å². The van der Waals surface area contributed by atoms with Crippen LogP contribution in [0.15, 0.2) is 18.2 Å². The molecule has 2 aromatic rings. The maximum Gasteiger partial charge on any atom is 0.216 e. The molecule has 0 aliphatic heterocycles. The standard InChI is InChI=1S/C10H10FN3OS/c1-14-10(16)12-9(13-14)7-4-3-6(15-2)5-8(7)11/h3-5H,1-2H3,(H,12,13,16). The number of benzene rings is 1. The molecule has 1 N–H and O–H groups in total. The van der Waals surface area contributed by atoms with Crippen molar-refractivity contribution in [2.45, 2.75) is 0 Å². The van der Waals surface area contributed by atoms with Gasteiger partial charge in [-0.1, -0.05) is 0 Å². The molecule has 1 heterocycles. The lowest BCUT2D eigenvalue weighted by molar-refractivity contribution is 0.411. The molecule has 0 aliphatic carbocycles. The highest BCUT2D eigenvalue weighted by atomic mass is 32.1. The number of ether oxygens (including phenoxy) is 1. The highest BCUT2D eigenvalue weighted by molar-refractivity contribution is 7.71. The Labute approximate surface area is 96.7 Å². The Morgan fingerprint density at radius 1 is 1.50 bits per heavy atom. The zero-order chi connectivity index (χ0) is 11.7. The lowest BCUT2D eigenvalue weighted by Crippen LogP contribution is -1.92. The number of nitrogens with one attached hydrogen (secondary N) is 1. The topological polar surface area (TPSA) is 42.8 Å². The van der Waals surface area contributed by atoms with Crippen LogP contribution in [0.4, 0.5) is 4.39 Å². The summed E-state index contributed by atoms with van der Waals surface area (Å²) in [6.07, 6.45) is 0. The summed E-state index contributed by atoms with van der Waals surface area (Å²) in [4.78, 5) is 4.04. The van der Waals surface area contributed by atoms with Gasteiger partial charge in [-0.2, -0.15) is 4.98 Å². The first-order chi connectivity index (χ1) is 7.61. The minimum absolute atomic E-state index is 0.368. The Kier molecular flexibility index (Phi) is 2.74. The van der Waals surface area contributed by atoms with E-state index in [2.05, 4.69) is 10.1 Å². The molecule has 16 heavy (non-hydrogen) atoms. The Balaban J connectivity index is 2.52. The first kappa shape index (κ1) is 10.8. The molecule has 0 amide bonds. The summed E-state index contributed by atoms with van der Waals surface area (Å²) in [6.45, 7) is 0. The molecule has 0 aliphatic rings. The van der Waals surface area contributed by atoms with Crippen LogP contribution in [0.2, 0.25) is 0 Å². The minimum atomic E-state index is -0.399. The van der Waals surface area contributed by atoms with Crippen molar-refractivity contribution >= 4 is 12.2 Å². The van der Waals surface area contributed by atoms with Gasteiger partial charge in [-0.05, 0) is 24.4 Å². The Morgan fingerprint density at radius 2 is 2.25 bits per heavy atom. The molecular weight excluding hydrogens is 229 g/mol. The highest BCUT2D eigenvalue weighted by Crippen LogP contribution is 2.23. The van der Waals surface area contributed by atoms with Crippen LogP contribution in [0.5, 0.6) is 5.75 Å². The SMILES string of the molecule is COc1ccc(-c2nc(=S)n(C)[nH]2)c(F)c1. The molecule has 6 heteroatoms. The van der Waals surface area contributed by atoms with E-state index >= 15 is 0 Å². The summed E-state index contributed by atoms with van der Waals surface area (Å²) in [6, 6.07) is 4.58. The van der Waals surface area contributed by atoms with Crippen molar-refractivity contribution < 1.29 is 9.13 Å². The quantitative estimate of drug-likeness (QED) is 0.818. The minimum Gasteiger partial charge on any atom is -0.497 e. The lowest BCUT2D eigenvalue weighted by Gasteiger charge is -2.02. The first-order valence-corrected chi connectivity index (χ1v) is 4.99. The van der Waals surface area contributed by atoms with Crippen LogP contribution in [0.1, 0.15) is 0 Å². The van der Waals surface area contributed by atoms with Gasteiger partial charge in [-0.3, -0.25) is 9.78 Å². The highest BCUT2D eigenvalue weighted by Gasteiger charge is 2.09. The third kappa shape index (κ3) is 1.83. The van der Waals surface area contributed by atoms with E-state index in [9.17, 15) is 4.39 Å². The summed E-state index contributed by atoms with van der Waals surface area (Å²) < 4.78 is 20.5. The van der Waals surface area contributed by atoms with Crippen LogP contribution >= 0.6 is 12.2 Å². The molecule has 0 radical (unpaired) electrons. The summed E-state index contributed by atoms with van der Waals surface area (Å²) in [5, 5.41) is 2.86. The zero-order valence-electron chi connectivity index (χ0n) is 8.82. The molecule has 2 rings (SSSR count). The van der Waals surface area contributed by atoms with Crippen molar-refractivity contribution in [2.75, 3.05) is 7.11 Å². The Hall–Kier alpha value is -1.69. The van der Waals surface area contributed by atoms with E-state index in [1.807, 2.05) is 0 Å². The second kappa shape index (κ2) is 4.05. The summed E-state index contributed by atoms with van der Waals surface area (Å²) in [5.41, 5.74) is 0.368. The molecule has 0 fully saturated rings. The maximum absolute atomic E-state index is 13.7. The monoisotopic (exact) mass is 239 g/mol. The van der Waals surface area contributed by atoms with Crippen molar-refractivity contribution in [3.05, 3.63) is 28.8 Å². The largest absolute Gasteiger partial charge is 0.497 e. The number of nitrogens with zero attached hydrogens (tertiary/aromatic N) is 2. The maximum atomic E-state index is 13.7. The zero-order valence-corrected chi connectivity index (χ0v) is 9.64. The van der Waals surface area contributed by atoms with Crippen molar-refractivity contribution in [2.24, 2.45) is 7.05 Å². The van der Waals surface area contributed by atoms with E-state index in [1.165, 1.54) is 13.2 Å². The lowest BCUT2D eigenvalue weighted by atomic mass is 10.2. The van der Waals surface area contributed by atoms with Gasteiger partial charge in [0.25, 0.3) is 0 Å².